The van der Waals surface area contributed by atoms with E-state index < -0.39 is 52.4 Å². The molecule has 21 heavy (non-hydrogen) atoms. The van der Waals surface area contributed by atoms with Crippen LogP contribution in [0.1, 0.15) is 20.8 Å². The van der Waals surface area contributed by atoms with E-state index in [9.17, 15) is 24.5 Å². The molecule has 4 atom stereocenters. The van der Waals surface area contributed by atoms with Crippen LogP contribution in [0.5, 0.6) is 0 Å². The number of rotatable bonds is 2. The van der Waals surface area contributed by atoms with Gasteiger partial charge < -0.3 is 9.47 Å². The number of likely N-dealkylation sites (tertiary alicyclic amines) is 1. The van der Waals surface area contributed by atoms with Crippen LogP contribution in [0, 0.1) is 22.0 Å². The Bertz CT molecular complexity index is 524. The van der Waals surface area contributed by atoms with Gasteiger partial charge in [0.05, 0.1) is 13.0 Å². The fraction of sp³-hybridized carbons (Fsp3) is 0.750. The molecule has 1 aliphatic heterocycles. The molecule has 9 nitrogen and oxygen atoms in total. The third-order valence-electron chi connectivity index (χ3n) is 3.48. The second kappa shape index (κ2) is 4.68. The molecule has 0 unspecified atom stereocenters. The van der Waals surface area contributed by atoms with E-state index in [0.29, 0.717) is 4.90 Å². The van der Waals surface area contributed by atoms with Gasteiger partial charge in [-0.1, -0.05) is 0 Å². The number of nitrogens with zero attached hydrogens (tertiary/aromatic N) is 2. The second-order valence-corrected chi connectivity index (χ2v) is 6.04. The predicted molar refractivity (Wildman–Crippen MR) is 66.6 cm³/mol. The Morgan fingerprint density at radius 2 is 1.90 bits per heavy atom. The quantitative estimate of drug-likeness (QED) is 0.406. The highest BCUT2D eigenvalue weighted by Crippen LogP contribution is 2.52. The molecule has 0 radical (unpaired) electrons. The number of esters is 1. The molecule has 0 aromatic carbocycles. The highest BCUT2D eigenvalue weighted by molar-refractivity contribution is 6.04. The van der Waals surface area contributed by atoms with E-state index >= 15 is 0 Å². The molecule has 0 bridgehead atoms. The lowest BCUT2D eigenvalue weighted by molar-refractivity contribution is -0.501. The maximum atomic E-state index is 12.1. The van der Waals surface area contributed by atoms with Gasteiger partial charge >= 0.3 is 12.1 Å². The maximum absolute atomic E-state index is 12.1. The van der Waals surface area contributed by atoms with Crippen LogP contribution in [-0.4, -0.2) is 52.6 Å². The molecule has 2 amide bonds. The van der Waals surface area contributed by atoms with E-state index in [1.54, 1.807) is 20.8 Å². The Hall–Kier alpha value is -2.19. The van der Waals surface area contributed by atoms with Crippen molar-refractivity contribution in [3.05, 3.63) is 10.1 Å². The number of ether oxygens (including phenoxy) is 2. The Balaban J connectivity index is 2.26. The monoisotopic (exact) mass is 300 g/mol. The average Bonchev–Trinajstić information content (AvgIpc) is 3.00. The molecule has 1 heterocycles. The summed E-state index contributed by atoms with van der Waals surface area (Å²) in [6.07, 6.45) is -0.989. The molecule has 116 valence electrons. The van der Waals surface area contributed by atoms with Crippen molar-refractivity contribution in [3.8, 4) is 0 Å². The summed E-state index contributed by atoms with van der Waals surface area (Å²) in [5.74, 6) is -3.42. The van der Waals surface area contributed by atoms with Gasteiger partial charge in [-0.3, -0.25) is 14.9 Å². The predicted octanol–water partition coefficient (Wildman–Crippen LogP) is 0.197. The lowest BCUT2D eigenvalue weighted by Crippen LogP contribution is -2.50. The summed E-state index contributed by atoms with van der Waals surface area (Å²) in [6.45, 7) is 4.83. The largest absolute Gasteiger partial charge is 0.467 e. The number of fused-ring (bicyclic) bond motifs is 1. The van der Waals surface area contributed by atoms with Gasteiger partial charge in [-0.15, -0.1) is 0 Å². The number of piperidine rings is 1. The molecule has 0 spiro atoms. The van der Waals surface area contributed by atoms with Crippen LogP contribution in [0.15, 0.2) is 0 Å². The molecule has 0 aromatic rings. The third kappa shape index (κ3) is 2.43. The van der Waals surface area contributed by atoms with E-state index in [1.807, 2.05) is 0 Å². The standard InChI is InChI=1S/C12H16N2O7/c1-12(2,3)21-11(17)13-8(10(16)20-4)5-6(9(13)15)7(5)14(18)19/h5-8H,1-4H3/t5-,6+,7+,8+/m1/s1. The minimum Gasteiger partial charge on any atom is -0.467 e. The van der Waals surface area contributed by atoms with Crippen molar-refractivity contribution >= 4 is 18.0 Å². The van der Waals surface area contributed by atoms with E-state index in [1.165, 1.54) is 0 Å². The topological polar surface area (TPSA) is 116 Å². The van der Waals surface area contributed by atoms with Crippen molar-refractivity contribution in [2.45, 2.75) is 38.5 Å². The maximum Gasteiger partial charge on any atom is 0.417 e. The highest BCUT2D eigenvalue weighted by atomic mass is 16.6. The smallest absolute Gasteiger partial charge is 0.417 e. The summed E-state index contributed by atoms with van der Waals surface area (Å²) in [6, 6.07) is -2.43. The molecule has 1 saturated heterocycles. The van der Waals surface area contributed by atoms with E-state index in [-0.39, 0.29) is 0 Å². The first kappa shape index (κ1) is 15.2. The minimum atomic E-state index is -1.29. The number of carbonyl (C=O) groups is 3. The van der Waals surface area contributed by atoms with Gasteiger partial charge in [0.25, 0.3) is 0 Å². The van der Waals surface area contributed by atoms with Gasteiger partial charge in [-0.05, 0) is 20.8 Å². The molecular formula is C12H16N2O7. The van der Waals surface area contributed by atoms with Crippen molar-refractivity contribution < 1.29 is 28.8 Å². The van der Waals surface area contributed by atoms with Crippen LogP contribution in [-0.2, 0) is 19.1 Å². The normalized spacial score (nSPS) is 30.7. The molecule has 0 N–H and O–H groups in total. The molecular weight excluding hydrogens is 284 g/mol. The summed E-state index contributed by atoms with van der Waals surface area (Å²) < 4.78 is 9.63. The van der Waals surface area contributed by atoms with Crippen molar-refractivity contribution in [1.29, 1.82) is 0 Å². The fourth-order valence-corrected chi connectivity index (χ4v) is 2.65. The SMILES string of the molecule is COC(=O)[C@@H]1[C@@H]2[C@H](C(=O)N1C(=O)OC(C)(C)C)[C@H]2[N+](=O)[O-]. The number of methoxy groups -OCH3 is 1. The van der Waals surface area contributed by atoms with Gasteiger partial charge in [0.1, 0.15) is 11.5 Å². The third-order valence-corrected chi connectivity index (χ3v) is 3.48. The minimum absolute atomic E-state index is 0.602. The lowest BCUT2D eigenvalue weighted by atomic mass is 10.2. The summed E-state index contributed by atoms with van der Waals surface area (Å²) in [5, 5.41) is 10.8. The summed E-state index contributed by atoms with van der Waals surface area (Å²) in [4.78, 5) is 46.9. The molecule has 2 fully saturated rings. The number of carbonyl (C=O) groups excluding carboxylic acids is 3. The van der Waals surface area contributed by atoms with Gasteiger partial charge in [-0.2, -0.15) is 0 Å². The lowest BCUT2D eigenvalue weighted by Gasteiger charge is -2.27. The van der Waals surface area contributed by atoms with Crippen LogP contribution in [0.2, 0.25) is 0 Å². The van der Waals surface area contributed by atoms with E-state index in [2.05, 4.69) is 4.74 Å². The average molecular weight is 300 g/mol. The number of hydrogen-bond acceptors (Lipinski definition) is 7. The molecule has 2 aliphatic rings. The fourth-order valence-electron chi connectivity index (χ4n) is 2.65. The highest BCUT2D eigenvalue weighted by Gasteiger charge is 2.77. The van der Waals surface area contributed by atoms with E-state index in [0.717, 1.165) is 7.11 Å². The Kier molecular flexibility index (Phi) is 3.38. The number of amides is 2. The first-order valence-corrected chi connectivity index (χ1v) is 6.37. The molecule has 2 rings (SSSR count). The Labute approximate surface area is 120 Å². The second-order valence-electron chi connectivity index (χ2n) is 6.04. The molecule has 9 heteroatoms. The van der Waals surface area contributed by atoms with Gasteiger partial charge in [0, 0.05) is 4.92 Å². The van der Waals surface area contributed by atoms with Crippen molar-refractivity contribution in [3.63, 3.8) is 0 Å². The van der Waals surface area contributed by atoms with Gasteiger partial charge in [-0.25, -0.2) is 14.5 Å². The number of imide groups is 1. The summed E-state index contributed by atoms with van der Waals surface area (Å²) in [7, 11) is 1.09. The first-order valence-electron chi connectivity index (χ1n) is 6.37. The van der Waals surface area contributed by atoms with Crippen LogP contribution < -0.4 is 0 Å². The molecule has 0 aromatic heterocycles. The molecule has 1 aliphatic carbocycles. The summed E-state index contributed by atoms with van der Waals surface area (Å²) in [5.41, 5.74) is -0.854. The Morgan fingerprint density at radius 3 is 2.33 bits per heavy atom. The van der Waals surface area contributed by atoms with Crippen molar-refractivity contribution in [1.82, 2.24) is 4.90 Å². The van der Waals surface area contributed by atoms with Crippen molar-refractivity contribution in [2.24, 2.45) is 11.8 Å². The summed E-state index contributed by atoms with van der Waals surface area (Å²) >= 11 is 0. The number of hydrogen-bond donors (Lipinski definition) is 0. The Morgan fingerprint density at radius 1 is 1.33 bits per heavy atom. The zero-order chi connectivity index (χ0) is 16.1. The molecule has 1 saturated carbocycles. The zero-order valence-corrected chi connectivity index (χ0v) is 12.1. The zero-order valence-electron chi connectivity index (χ0n) is 12.1. The number of nitro groups is 1. The van der Waals surface area contributed by atoms with Crippen LogP contribution >= 0.6 is 0 Å². The van der Waals surface area contributed by atoms with E-state index in [4.69, 9.17) is 4.74 Å². The van der Waals surface area contributed by atoms with Gasteiger partial charge in [0.2, 0.25) is 11.9 Å². The first-order chi connectivity index (χ1) is 9.60. The van der Waals surface area contributed by atoms with Gasteiger partial charge in [0.15, 0.2) is 6.04 Å². The van der Waals surface area contributed by atoms with Crippen LogP contribution in [0.25, 0.3) is 0 Å². The van der Waals surface area contributed by atoms with Crippen LogP contribution in [0.4, 0.5) is 4.79 Å². The van der Waals surface area contributed by atoms with Crippen molar-refractivity contribution in [2.75, 3.05) is 7.11 Å². The van der Waals surface area contributed by atoms with Crippen LogP contribution in [0.3, 0.4) is 0 Å².